The van der Waals surface area contributed by atoms with Crippen LogP contribution in [-0.4, -0.2) is 28.7 Å². The quantitative estimate of drug-likeness (QED) is 0.708. The van der Waals surface area contributed by atoms with Gasteiger partial charge in [0, 0.05) is 4.88 Å². The minimum absolute atomic E-state index is 0.143. The lowest BCUT2D eigenvalue weighted by molar-refractivity contribution is -0.122. The average Bonchev–Trinajstić information content (AvgIpc) is 2.81. The third kappa shape index (κ3) is 3.85. The molecule has 1 aliphatic carbocycles. The highest BCUT2D eigenvalue weighted by atomic mass is 32.1. The summed E-state index contributed by atoms with van der Waals surface area (Å²) in [6.45, 7) is 0. The molecule has 1 atom stereocenters. The summed E-state index contributed by atoms with van der Waals surface area (Å²) in [6.07, 6.45) is 5.29. The van der Waals surface area contributed by atoms with E-state index in [0.717, 1.165) is 31.4 Å². The molecule has 8 heteroatoms. The summed E-state index contributed by atoms with van der Waals surface area (Å²) in [5, 5.41) is 8.68. The van der Waals surface area contributed by atoms with E-state index in [1.807, 2.05) is 0 Å². The van der Waals surface area contributed by atoms with Crippen molar-refractivity contribution in [1.82, 2.24) is 10.3 Å². The van der Waals surface area contributed by atoms with Crippen molar-refractivity contribution in [3.63, 3.8) is 0 Å². The van der Waals surface area contributed by atoms with E-state index in [-0.39, 0.29) is 18.2 Å². The molecule has 2 aliphatic rings. The van der Waals surface area contributed by atoms with Crippen molar-refractivity contribution in [3.05, 3.63) is 40.4 Å². The number of thiazole rings is 1. The van der Waals surface area contributed by atoms with Crippen molar-refractivity contribution in [2.24, 2.45) is 0 Å². The SMILES string of the molecule is O=C(C[C@H]1NC(=O)c2ccccc2NC1=O)Nc1nc2c(s1)CCCCC2. The molecule has 0 bridgehead atoms. The molecule has 1 aromatic heterocycles. The highest BCUT2D eigenvalue weighted by Crippen LogP contribution is 2.29. The van der Waals surface area contributed by atoms with E-state index in [9.17, 15) is 14.4 Å². The zero-order chi connectivity index (χ0) is 18.8. The number of nitrogens with zero attached hydrogens (tertiary/aromatic N) is 1. The van der Waals surface area contributed by atoms with Gasteiger partial charge in [0.15, 0.2) is 5.13 Å². The van der Waals surface area contributed by atoms with Gasteiger partial charge in [0.1, 0.15) is 6.04 Å². The summed E-state index contributed by atoms with van der Waals surface area (Å²) in [7, 11) is 0. The summed E-state index contributed by atoms with van der Waals surface area (Å²) in [5.74, 6) is -1.12. The monoisotopic (exact) mass is 384 g/mol. The Labute approximate surface area is 160 Å². The summed E-state index contributed by atoms with van der Waals surface area (Å²) in [6, 6.07) is 5.84. The molecule has 1 aliphatic heterocycles. The lowest BCUT2D eigenvalue weighted by Crippen LogP contribution is -2.43. The van der Waals surface area contributed by atoms with Crippen molar-refractivity contribution >= 4 is 39.9 Å². The topological polar surface area (TPSA) is 100 Å². The summed E-state index contributed by atoms with van der Waals surface area (Å²) >= 11 is 1.50. The lowest BCUT2D eigenvalue weighted by atomic mass is 10.1. The van der Waals surface area contributed by atoms with E-state index in [1.54, 1.807) is 24.3 Å². The third-order valence-corrected chi connectivity index (χ3v) is 5.86. The number of carbonyl (C=O) groups is 3. The van der Waals surface area contributed by atoms with E-state index < -0.39 is 11.9 Å². The zero-order valence-electron chi connectivity index (χ0n) is 14.7. The predicted octanol–water partition coefficient (Wildman–Crippen LogP) is 2.49. The lowest BCUT2D eigenvalue weighted by Gasteiger charge is -2.13. The van der Waals surface area contributed by atoms with Crippen molar-refractivity contribution in [2.45, 2.75) is 44.6 Å². The van der Waals surface area contributed by atoms with Gasteiger partial charge >= 0.3 is 0 Å². The fourth-order valence-electron chi connectivity index (χ4n) is 3.39. The van der Waals surface area contributed by atoms with Crippen LogP contribution in [0.5, 0.6) is 0 Å². The van der Waals surface area contributed by atoms with Gasteiger partial charge in [-0.25, -0.2) is 4.98 Å². The molecule has 27 heavy (non-hydrogen) atoms. The largest absolute Gasteiger partial charge is 0.340 e. The fraction of sp³-hybridized carbons (Fsp3) is 0.368. The molecular formula is C19H20N4O3S. The van der Waals surface area contributed by atoms with Crippen LogP contribution in [0, 0.1) is 0 Å². The van der Waals surface area contributed by atoms with Crippen LogP contribution in [0.2, 0.25) is 0 Å². The first kappa shape index (κ1) is 17.7. The molecule has 0 saturated carbocycles. The Morgan fingerprint density at radius 2 is 2.00 bits per heavy atom. The highest BCUT2D eigenvalue weighted by Gasteiger charge is 2.29. The van der Waals surface area contributed by atoms with Gasteiger partial charge in [-0.2, -0.15) is 0 Å². The summed E-state index contributed by atoms with van der Waals surface area (Å²) in [5.41, 5.74) is 1.91. The Balaban J connectivity index is 1.42. The first-order chi connectivity index (χ1) is 13.1. The molecule has 0 fully saturated rings. The molecule has 1 aromatic carbocycles. The maximum absolute atomic E-state index is 12.4. The number of amides is 3. The fourth-order valence-corrected chi connectivity index (χ4v) is 4.46. The molecule has 7 nitrogen and oxygen atoms in total. The van der Waals surface area contributed by atoms with E-state index in [1.165, 1.54) is 22.6 Å². The van der Waals surface area contributed by atoms with Crippen molar-refractivity contribution in [3.8, 4) is 0 Å². The average molecular weight is 384 g/mol. The van der Waals surface area contributed by atoms with E-state index >= 15 is 0 Å². The second-order valence-corrected chi connectivity index (χ2v) is 7.85. The molecule has 2 aromatic rings. The number of rotatable bonds is 3. The molecule has 0 radical (unpaired) electrons. The number of hydrogen-bond acceptors (Lipinski definition) is 5. The van der Waals surface area contributed by atoms with Gasteiger partial charge in [-0.3, -0.25) is 14.4 Å². The number of hydrogen-bond donors (Lipinski definition) is 3. The van der Waals surface area contributed by atoms with Gasteiger partial charge in [-0.15, -0.1) is 11.3 Å². The van der Waals surface area contributed by atoms with Crippen LogP contribution >= 0.6 is 11.3 Å². The second-order valence-electron chi connectivity index (χ2n) is 6.76. The van der Waals surface area contributed by atoms with Gasteiger partial charge in [-0.05, 0) is 37.8 Å². The molecule has 2 heterocycles. The number of carbonyl (C=O) groups excluding carboxylic acids is 3. The molecule has 3 amide bonds. The molecule has 0 saturated heterocycles. The Morgan fingerprint density at radius 3 is 2.89 bits per heavy atom. The minimum atomic E-state index is -0.928. The molecule has 140 valence electrons. The molecule has 3 N–H and O–H groups in total. The van der Waals surface area contributed by atoms with Crippen molar-refractivity contribution < 1.29 is 14.4 Å². The number of para-hydroxylation sites is 1. The first-order valence-electron chi connectivity index (χ1n) is 9.09. The Hall–Kier alpha value is -2.74. The van der Waals surface area contributed by atoms with Crippen LogP contribution in [0.1, 0.15) is 46.6 Å². The van der Waals surface area contributed by atoms with Crippen LogP contribution in [-0.2, 0) is 22.4 Å². The van der Waals surface area contributed by atoms with E-state index in [4.69, 9.17) is 0 Å². The number of fused-ring (bicyclic) bond motifs is 2. The molecular weight excluding hydrogens is 364 g/mol. The third-order valence-electron chi connectivity index (χ3n) is 4.78. The van der Waals surface area contributed by atoms with Gasteiger partial charge in [0.2, 0.25) is 11.8 Å². The number of benzene rings is 1. The van der Waals surface area contributed by atoms with Crippen LogP contribution in [0.4, 0.5) is 10.8 Å². The van der Waals surface area contributed by atoms with Crippen molar-refractivity contribution in [2.75, 3.05) is 10.6 Å². The van der Waals surface area contributed by atoms with Gasteiger partial charge in [0.05, 0.1) is 23.4 Å². The van der Waals surface area contributed by atoms with Crippen molar-refractivity contribution in [1.29, 1.82) is 0 Å². The standard InChI is InChI=1S/C19H20N4O3S/c24-16(23-19-22-13-8-2-1-3-9-15(13)27-19)10-14-18(26)20-12-7-5-4-6-11(12)17(25)21-14/h4-7,14H,1-3,8-10H2,(H,20,26)(H,21,25)(H,22,23,24)/t14-/m1/s1. The molecule has 0 unspecified atom stereocenters. The van der Waals surface area contributed by atoms with Gasteiger partial charge < -0.3 is 16.0 Å². The number of anilines is 2. The normalized spacial score (nSPS) is 19.0. The van der Waals surface area contributed by atoms with Gasteiger partial charge in [0.25, 0.3) is 5.91 Å². The highest BCUT2D eigenvalue weighted by molar-refractivity contribution is 7.15. The first-order valence-corrected chi connectivity index (χ1v) is 9.91. The summed E-state index contributed by atoms with van der Waals surface area (Å²) < 4.78 is 0. The Kier molecular flexibility index (Phi) is 4.89. The van der Waals surface area contributed by atoms with E-state index in [2.05, 4.69) is 20.9 Å². The van der Waals surface area contributed by atoms with Crippen LogP contribution in [0.3, 0.4) is 0 Å². The summed E-state index contributed by atoms with van der Waals surface area (Å²) in [4.78, 5) is 42.9. The van der Waals surface area contributed by atoms with E-state index in [0.29, 0.717) is 16.4 Å². The second kappa shape index (κ2) is 7.48. The van der Waals surface area contributed by atoms with Gasteiger partial charge in [-0.1, -0.05) is 18.6 Å². The predicted molar refractivity (Wildman–Crippen MR) is 103 cm³/mol. The molecule has 4 rings (SSSR count). The maximum Gasteiger partial charge on any atom is 0.254 e. The molecule has 0 spiro atoms. The van der Waals surface area contributed by atoms with Crippen LogP contribution < -0.4 is 16.0 Å². The number of aromatic nitrogens is 1. The maximum atomic E-state index is 12.4. The van der Waals surface area contributed by atoms with Crippen LogP contribution in [0.15, 0.2) is 24.3 Å². The zero-order valence-corrected chi connectivity index (χ0v) is 15.5. The Morgan fingerprint density at radius 1 is 1.19 bits per heavy atom. The Bertz CT molecular complexity index is 885. The van der Waals surface area contributed by atoms with Crippen LogP contribution in [0.25, 0.3) is 0 Å². The minimum Gasteiger partial charge on any atom is -0.340 e. The smallest absolute Gasteiger partial charge is 0.254 e. The number of nitrogens with one attached hydrogen (secondary N) is 3. The number of aryl methyl sites for hydroxylation is 2.